The molecule has 0 bridgehead atoms. The molecule has 1 N–H and O–H groups in total. The summed E-state index contributed by atoms with van der Waals surface area (Å²) in [5.74, 6) is 0. The molecule has 0 radical (unpaired) electrons. The van der Waals surface area contributed by atoms with Gasteiger partial charge in [0.05, 0.1) is 10.7 Å². The Labute approximate surface area is 133 Å². The maximum atomic E-state index is 12.6. The number of benzene rings is 1. The topological polar surface area (TPSA) is 83.1 Å². The van der Waals surface area contributed by atoms with Gasteiger partial charge in [-0.3, -0.25) is 4.79 Å². The number of aromatic amines is 1. The van der Waals surface area contributed by atoms with Crippen molar-refractivity contribution >= 4 is 21.6 Å². The van der Waals surface area contributed by atoms with Crippen LogP contribution < -0.4 is 5.56 Å². The lowest BCUT2D eigenvalue weighted by Gasteiger charge is -2.19. The van der Waals surface area contributed by atoms with Gasteiger partial charge in [0.2, 0.25) is 10.0 Å². The monoisotopic (exact) mass is 341 g/mol. The highest BCUT2D eigenvalue weighted by Crippen LogP contribution is 2.29. The molecule has 2 rings (SSSR count). The molecule has 0 amide bonds. The van der Waals surface area contributed by atoms with Crippen LogP contribution in [0.25, 0.3) is 11.3 Å². The van der Waals surface area contributed by atoms with E-state index in [1.165, 1.54) is 28.6 Å². The third-order valence-electron chi connectivity index (χ3n) is 3.23. The van der Waals surface area contributed by atoms with Crippen molar-refractivity contribution < 1.29 is 8.42 Å². The fraction of sp³-hybridized carbons (Fsp3) is 0.286. The van der Waals surface area contributed by atoms with Crippen LogP contribution in [0.4, 0.5) is 0 Å². The van der Waals surface area contributed by atoms with Crippen molar-refractivity contribution in [3.8, 4) is 11.3 Å². The summed E-state index contributed by atoms with van der Waals surface area (Å²) in [5.41, 5.74) is 0.701. The van der Waals surface area contributed by atoms with Gasteiger partial charge in [-0.1, -0.05) is 31.5 Å². The Morgan fingerprint density at radius 3 is 2.41 bits per heavy atom. The van der Waals surface area contributed by atoms with Gasteiger partial charge in [0, 0.05) is 24.7 Å². The molecule has 0 saturated heterocycles. The first kappa shape index (κ1) is 16.7. The molecular weight excluding hydrogens is 326 g/mol. The predicted octanol–water partition coefficient (Wildman–Crippen LogP) is 2.12. The number of nitrogens with one attached hydrogen (secondary N) is 1. The summed E-state index contributed by atoms with van der Waals surface area (Å²) in [4.78, 5) is 11.1. The molecule has 1 aromatic carbocycles. The standard InChI is InChI=1S/C14H16ClN3O3S/c1-3-18(4-2)22(20,21)13-9-10(5-6-11(13)15)12-7-8-14(19)17-16-12/h5-9H,3-4H2,1-2H3,(H,17,19). The van der Waals surface area contributed by atoms with Crippen molar-refractivity contribution in [2.24, 2.45) is 0 Å². The van der Waals surface area contributed by atoms with E-state index in [1.54, 1.807) is 19.9 Å². The second kappa shape index (κ2) is 6.60. The zero-order chi connectivity index (χ0) is 16.3. The summed E-state index contributed by atoms with van der Waals surface area (Å²) < 4.78 is 26.6. The molecule has 8 heteroatoms. The molecule has 2 aromatic rings. The molecule has 0 aliphatic carbocycles. The highest BCUT2D eigenvalue weighted by molar-refractivity contribution is 7.89. The van der Waals surface area contributed by atoms with E-state index in [1.807, 2.05) is 0 Å². The molecule has 0 saturated carbocycles. The lowest BCUT2D eigenvalue weighted by molar-refractivity contribution is 0.445. The van der Waals surface area contributed by atoms with Gasteiger partial charge < -0.3 is 0 Å². The van der Waals surface area contributed by atoms with Crippen LogP contribution >= 0.6 is 11.6 Å². The smallest absolute Gasteiger partial charge is 0.264 e. The number of halogens is 1. The SMILES string of the molecule is CCN(CC)S(=O)(=O)c1cc(-c2ccc(=O)[nH]n2)ccc1Cl. The van der Waals surface area contributed by atoms with Crippen molar-refractivity contribution in [2.75, 3.05) is 13.1 Å². The van der Waals surface area contributed by atoms with Gasteiger partial charge in [0.1, 0.15) is 4.90 Å². The maximum Gasteiger partial charge on any atom is 0.264 e. The number of rotatable bonds is 5. The first-order valence-corrected chi connectivity index (χ1v) is 8.57. The summed E-state index contributed by atoms with van der Waals surface area (Å²) in [6.07, 6.45) is 0. The molecule has 0 atom stereocenters. The number of H-pyrrole nitrogens is 1. The van der Waals surface area contributed by atoms with E-state index in [2.05, 4.69) is 10.2 Å². The fourth-order valence-corrected chi connectivity index (χ4v) is 4.03. The minimum atomic E-state index is -3.67. The predicted molar refractivity (Wildman–Crippen MR) is 85.4 cm³/mol. The minimum Gasteiger partial charge on any atom is -0.268 e. The Bertz CT molecular complexity index is 809. The number of hydrogen-bond acceptors (Lipinski definition) is 4. The molecule has 1 heterocycles. The zero-order valence-electron chi connectivity index (χ0n) is 12.2. The lowest BCUT2D eigenvalue weighted by atomic mass is 10.1. The van der Waals surface area contributed by atoms with Gasteiger partial charge in [0.25, 0.3) is 5.56 Å². The van der Waals surface area contributed by atoms with Crippen LogP contribution in [0.2, 0.25) is 5.02 Å². The molecular formula is C14H16ClN3O3S. The van der Waals surface area contributed by atoms with E-state index in [-0.39, 0.29) is 15.5 Å². The summed E-state index contributed by atoms with van der Waals surface area (Å²) in [6, 6.07) is 7.49. The molecule has 22 heavy (non-hydrogen) atoms. The average Bonchev–Trinajstić information content (AvgIpc) is 2.49. The van der Waals surface area contributed by atoms with Crippen molar-refractivity contribution in [3.05, 3.63) is 45.7 Å². The summed E-state index contributed by atoms with van der Waals surface area (Å²) in [6.45, 7) is 4.25. The maximum absolute atomic E-state index is 12.6. The van der Waals surface area contributed by atoms with Crippen LogP contribution in [0.1, 0.15) is 13.8 Å². The van der Waals surface area contributed by atoms with Crippen molar-refractivity contribution in [3.63, 3.8) is 0 Å². The number of hydrogen-bond donors (Lipinski definition) is 1. The summed E-state index contributed by atoms with van der Waals surface area (Å²) in [7, 11) is -3.67. The average molecular weight is 342 g/mol. The van der Waals surface area contributed by atoms with Gasteiger partial charge in [0.15, 0.2) is 0 Å². The Morgan fingerprint density at radius 1 is 1.18 bits per heavy atom. The van der Waals surface area contributed by atoms with Crippen LogP contribution in [0.3, 0.4) is 0 Å². The lowest BCUT2D eigenvalue weighted by Crippen LogP contribution is -2.30. The van der Waals surface area contributed by atoms with E-state index in [0.29, 0.717) is 24.3 Å². The highest BCUT2D eigenvalue weighted by Gasteiger charge is 2.24. The molecule has 0 aliphatic heterocycles. The fourth-order valence-electron chi connectivity index (χ4n) is 2.07. The largest absolute Gasteiger partial charge is 0.268 e. The summed E-state index contributed by atoms with van der Waals surface area (Å²) in [5, 5.41) is 6.37. The minimum absolute atomic E-state index is 0.0309. The molecule has 6 nitrogen and oxygen atoms in total. The van der Waals surface area contributed by atoms with E-state index in [4.69, 9.17) is 11.6 Å². The van der Waals surface area contributed by atoms with E-state index < -0.39 is 10.0 Å². The zero-order valence-corrected chi connectivity index (χ0v) is 13.8. The number of nitrogens with zero attached hydrogens (tertiary/aromatic N) is 2. The molecule has 0 unspecified atom stereocenters. The molecule has 118 valence electrons. The highest BCUT2D eigenvalue weighted by atomic mass is 35.5. The molecule has 0 aliphatic rings. The van der Waals surface area contributed by atoms with Gasteiger partial charge in [-0.15, -0.1) is 0 Å². The second-order valence-corrected chi connectivity index (χ2v) is 6.85. The van der Waals surface area contributed by atoms with Gasteiger partial charge in [-0.25, -0.2) is 13.5 Å². The molecule has 1 aromatic heterocycles. The van der Waals surface area contributed by atoms with Crippen molar-refractivity contribution in [2.45, 2.75) is 18.7 Å². The van der Waals surface area contributed by atoms with Crippen LogP contribution in [-0.2, 0) is 10.0 Å². The van der Waals surface area contributed by atoms with Crippen molar-refractivity contribution in [1.82, 2.24) is 14.5 Å². The van der Waals surface area contributed by atoms with Gasteiger partial charge >= 0.3 is 0 Å². The van der Waals surface area contributed by atoms with E-state index >= 15 is 0 Å². The number of aromatic nitrogens is 2. The van der Waals surface area contributed by atoms with Gasteiger partial charge in [-0.05, 0) is 18.2 Å². The van der Waals surface area contributed by atoms with E-state index in [9.17, 15) is 13.2 Å². The number of sulfonamides is 1. The molecule has 0 spiro atoms. The van der Waals surface area contributed by atoms with Crippen molar-refractivity contribution in [1.29, 1.82) is 0 Å². The first-order valence-electron chi connectivity index (χ1n) is 6.76. The Morgan fingerprint density at radius 2 is 1.86 bits per heavy atom. The van der Waals surface area contributed by atoms with Gasteiger partial charge in [-0.2, -0.15) is 9.40 Å². The van der Waals surface area contributed by atoms with Crippen LogP contribution in [0.5, 0.6) is 0 Å². The van der Waals surface area contributed by atoms with E-state index in [0.717, 1.165) is 0 Å². The molecule has 0 fully saturated rings. The Hall–Kier alpha value is -1.70. The normalized spacial score (nSPS) is 11.8. The first-order chi connectivity index (χ1) is 10.4. The quantitative estimate of drug-likeness (QED) is 0.903. The van der Waals surface area contributed by atoms with Crippen LogP contribution in [-0.4, -0.2) is 36.0 Å². The van der Waals surface area contributed by atoms with Crippen LogP contribution in [0.15, 0.2) is 40.0 Å². The second-order valence-electron chi connectivity index (χ2n) is 4.54. The third kappa shape index (κ3) is 3.21. The van der Waals surface area contributed by atoms with Crippen LogP contribution in [0, 0.1) is 0 Å². The third-order valence-corrected chi connectivity index (χ3v) is 5.76. The summed E-state index contributed by atoms with van der Waals surface area (Å²) >= 11 is 6.07. The Kier molecular flexibility index (Phi) is 5.00. The Balaban J connectivity index is 2.56.